The SMILES string of the molecule is COC1=C(Br)C[C@]2(OC=C1Br)ON=C(C(=O)NCCCOc1c(Br)cc(C(O)CNC(=O)CCCCCCCC/C=C\CCCC(C)C)cc1Br)[C@@H]2O. The molecule has 296 valence electrons. The molecular weight excluding hydrogens is 946 g/mol. The van der Waals surface area contributed by atoms with Crippen molar-refractivity contribution in [1.29, 1.82) is 0 Å². The molecule has 4 N–H and O–H groups in total. The molecule has 3 atom stereocenters. The molecule has 0 aliphatic carbocycles. The quantitative estimate of drug-likeness (QED) is 0.0628. The van der Waals surface area contributed by atoms with Crippen molar-refractivity contribution in [3.8, 4) is 5.75 Å². The van der Waals surface area contributed by atoms with Crippen molar-refractivity contribution in [3.63, 3.8) is 0 Å². The van der Waals surface area contributed by atoms with Crippen molar-refractivity contribution < 1.29 is 38.9 Å². The van der Waals surface area contributed by atoms with Crippen LogP contribution in [0.2, 0.25) is 0 Å². The summed E-state index contributed by atoms with van der Waals surface area (Å²) in [7, 11) is 1.50. The molecule has 1 unspecified atom stereocenters. The largest absolute Gasteiger partial charge is 0.495 e. The Morgan fingerprint density at radius 3 is 2.34 bits per heavy atom. The van der Waals surface area contributed by atoms with Gasteiger partial charge in [-0.15, -0.1) is 0 Å². The Morgan fingerprint density at radius 1 is 1.00 bits per heavy atom. The van der Waals surface area contributed by atoms with E-state index in [2.05, 4.69) is 106 Å². The fraction of sp³-hybridized carbons (Fsp3) is 0.605. The second-order valence-electron chi connectivity index (χ2n) is 13.5. The van der Waals surface area contributed by atoms with Gasteiger partial charge < -0.3 is 39.9 Å². The highest BCUT2D eigenvalue weighted by atomic mass is 79.9. The summed E-state index contributed by atoms with van der Waals surface area (Å²) in [5.74, 6) is -0.495. The Bertz CT molecular complexity index is 1460. The summed E-state index contributed by atoms with van der Waals surface area (Å²) in [4.78, 5) is 30.6. The molecule has 0 bridgehead atoms. The van der Waals surface area contributed by atoms with Gasteiger partial charge in [-0.1, -0.05) is 79.2 Å². The lowest BCUT2D eigenvalue weighted by atomic mass is 10.0. The van der Waals surface area contributed by atoms with Crippen LogP contribution >= 0.6 is 63.7 Å². The van der Waals surface area contributed by atoms with Gasteiger partial charge in [0, 0.05) is 24.0 Å². The lowest BCUT2D eigenvalue weighted by molar-refractivity contribution is -0.225. The van der Waals surface area contributed by atoms with Gasteiger partial charge in [-0.2, -0.15) is 0 Å². The number of carbonyl (C=O) groups is 2. The fourth-order valence-electron chi connectivity index (χ4n) is 5.70. The van der Waals surface area contributed by atoms with Crippen LogP contribution in [0.15, 0.2) is 59.4 Å². The zero-order valence-electron chi connectivity index (χ0n) is 30.7. The maximum atomic E-state index is 12.8. The van der Waals surface area contributed by atoms with E-state index < -0.39 is 23.9 Å². The third kappa shape index (κ3) is 14.9. The smallest absolute Gasteiger partial charge is 0.311 e. The van der Waals surface area contributed by atoms with Gasteiger partial charge in [0.1, 0.15) is 17.8 Å². The molecule has 3 rings (SSSR count). The van der Waals surface area contributed by atoms with Crippen LogP contribution in [-0.4, -0.2) is 66.4 Å². The van der Waals surface area contributed by atoms with Gasteiger partial charge in [0.2, 0.25) is 5.91 Å². The number of carbonyl (C=O) groups excluding carboxylic acids is 2. The van der Waals surface area contributed by atoms with Crippen LogP contribution in [-0.2, 0) is 23.9 Å². The Balaban J connectivity index is 1.29. The third-order valence-corrected chi connectivity index (χ3v) is 11.1. The summed E-state index contributed by atoms with van der Waals surface area (Å²) in [6.45, 7) is 5.15. The summed E-state index contributed by atoms with van der Waals surface area (Å²) in [5, 5.41) is 31.0. The molecule has 2 aliphatic rings. The Labute approximate surface area is 347 Å². The lowest BCUT2D eigenvalue weighted by Crippen LogP contribution is -2.49. The number of ether oxygens (including phenoxy) is 3. The number of aliphatic hydroxyl groups excluding tert-OH is 2. The first-order valence-electron chi connectivity index (χ1n) is 18.3. The number of nitrogens with zero attached hydrogens (tertiary/aromatic N) is 1. The number of aliphatic hydroxyl groups is 2. The molecule has 0 aromatic heterocycles. The maximum Gasteiger partial charge on any atom is 0.311 e. The van der Waals surface area contributed by atoms with Crippen molar-refractivity contribution in [2.45, 2.75) is 115 Å². The van der Waals surface area contributed by atoms with Gasteiger partial charge in [0.15, 0.2) is 11.8 Å². The minimum atomic E-state index is -1.62. The van der Waals surface area contributed by atoms with Crippen LogP contribution in [0.1, 0.15) is 109 Å². The van der Waals surface area contributed by atoms with E-state index in [0.29, 0.717) is 47.8 Å². The number of nitrogens with one attached hydrogen (secondary N) is 2. The molecule has 0 saturated carbocycles. The zero-order chi connectivity index (χ0) is 38.8. The monoisotopic (exact) mass is 995 g/mol. The number of unbranched alkanes of at least 4 members (excludes halogenated alkanes) is 7. The third-order valence-electron chi connectivity index (χ3n) is 8.73. The fourth-order valence-corrected chi connectivity index (χ4v) is 8.67. The Hall–Kier alpha value is -1.91. The van der Waals surface area contributed by atoms with Crippen molar-refractivity contribution in [1.82, 2.24) is 10.6 Å². The Morgan fingerprint density at radius 2 is 1.66 bits per heavy atom. The van der Waals surface area contributed by atoms with Gasteiger partial charge in [-0.3, -0.25) is 9.59 Å². The first-order valence-corrected chi connectivity index (χ1v) is 21.5. The molecule has 53 heavy (non-hydrogen) atoms. The van der Waals surface area contributed by atoms with Gasteiger partial charge in [-0.05, 0) is 110 Å². The standard InChI is InChI=1S/C38H53Br4N3O8/c1-25(2)16-13-11-9-7-5-4-6-8-10-12-14-17-32(47)44-23-31(46)26-20-27(39)35(28(40)21-26)51-19-15-18-43-37(49)33-36(48)38(53-45-33)22-29(41)34(50-3)30(42)24-52-38/h7,9,20-21,24-25,31,36,46,48H,4-6,8,10-19,22-23H2,1-3H3,(H,43,49)(H,44,47)/b9-7-/t31?,36-,38-/m0/s1. The molecular formula is C38H53Br4N3O8. The van der Waals surface area contributed by atoms with E-state index in [-0.39, 0.29) is 37.7 Å². The minimum Gasteiger partial charge on any atom is -0.495 e. The second-order valence-corrected chi connectivity index (χ2v) is 17.0. The minimum absolute atomic E-state index is 0.0448. The molecule has 0 saturated heterocycles. The van der Waals surface area contributed by atoms with Crippen molar-refractivity contribution in [2.24, 2.45) is 11.1 Å². The van der Waals surface area contributed by atoms with Crippen LogP contribution in [0.3, 0.4) is 0 Å². The summed E-state index contributed by atoms with van der Waals surface area (Å²) < 4.78 is 19.3. The highest BCUT2D eigenvalue weighted by Gasteiger charge is 2.54. The number of hydrogen-bond donors (Lipinski definition) is 4. The number of halogens is 4. The first kappa shape index (κ1) is 45.5. The molecule has 0 radical (unpaired) electrons. The van der Waals surface area contributed by atoms with Crippen molar-refractivity contribution in [3.05, 3.63) is 59.8 Å². The predicted octanol–water partition coefficient (Wildman–Crippen LogP) is 9.10. The number of amides is 2. The predicted molar refractivity (Wildman–Crippen MR) is 221 cm³/mol. The number of hydrogen-bond acceptors (Lipinski definition) is 9. The van der Waals surface area contributed by atoms with Crippen LogP contribution in [0.5, 0.6) is 5.75 Å². The highest BCUT2D eigenvalue weighted by Crippen LogP contribution is 2.41. The molecule has 2 amide bonds. The number of oxime groups is 1. The highest BCUT2D eigenvalue weighted by molar-refractivity contribution is 9.12. The molecule has 15 heteroatoms. The van der Waals surface area contributed by atoms with Gasteiger partial charge in [0.05, 0.1) is 39.7 Å². The van der Waals surface area contributed by atoms with E-state index in [1.165, 1.54) is 51.9 Å². The van der Waals surface area contributed by atoms with Gasteiger partial charge in [0.25, 0.3) is 5.91 Å². The molecule has 11 nitrogen and oxygen atoms in total. The first-order chi connectivity index (χ1) is 25.4. The van der Waals surface area contributed by atoms with Crippen LogP contribution in [0.4, 0.5) is 0 Å². The number of methoxy groups -OCH3 is 1. The normalized spacial score (nSPS) is 19.1. The Kier molecular flexibility index (Phi) is 20.5. The number of rotatable bonds is 23. The summed E-state index contributed by atoms with van der Waals surface area (Å²) in [5.41, 5.74) is 0.409. The van der Waals surface area contributed by atoms with E-state index in [9.17, 15) is 19.8 Å². The van der Waals surface area contributed by atoms with Crippen LogP contribution in [0, 0.1) is 5.92 Å². The van der Waals surface area contributed by atoms with E-state index in [4.69, 9.17) is 19.0 Å². The average Bonchev–Trinajstić information content (AvgIpc) is 3.36. The zero-order valence-corrected chi connectivity index (χ0v) is 37.1. The van der Waals surface area contributed by atoms with Crippen molar-refractivity contribution >= 4 is 81.2 Å². The lowest BCUT2D eigenvalue weighted by Gasteiger charge is -2.27. The van der Waals surface area contributed by atoms with E-state index in [1.807, 2.05) is 0 Å². The van der Waals surface area contributed by atoms with Crippen molar-refractivity contribution in [2.75, 3.05) is 26.8 Å². The topological polar surface area (TPSA) is 148 Å². The number of benzene rings is 1. The van der Waals surface area contributed by atoms with Crippen LogP contribution in [0.25, 0.3) is 0 Å². The van der Waals surface area contributed by atoms with Gasteiger partial charge >= 0.3 is 5.79 Å². The molecule has 2 aliphatic heterocycles. The molecule has 1 aromatic rings. The number of allylic oxidation sites excluding steroid dienone is 3. The van der Waals surface area contributed by atoms with E-state index in [1.54, 1.807) is 12.1 Å². The van der Waals surface area contributed by atoms with E-state index in [0.717, 1.165) is 31.6 Å². The molecule has 1 spiro atoms. The summed E-state index contributed by atoms with van der Waals surface area (Å²) in [6.07, 6.45) is 16.1. The molecule has 1 aromatic carbocycles. The molecule has 2 heterocycles. The molecule has 0 fully saturated rings. The maximum absolute atomic E-state index is 12.8. The summed E-state index contributed by atoms with van der Waals surface area (Å²) >= 11 is 13.8. The average molecular weight is 999 g/mol. The van der Waals surface area contributed by atoms with Crippen LogP contribution < -0.4 is 15.4 Å². The van der Waals surface area contributed by atoms with E-state index >= 15 is 0 Å². The summed E-state index contributed by atoms with van der Waals surface area (Å²) in [6, 6.07) is 3.51. The second kappa shape index (κ2) is 23.9. The van der Waals surface area contributed by atoms with Gasteiger partial charge in [-0.25, -0.2) is 0 Å².